The van der Waals surface area contributed by atoms with Gasteiger partial charge in [-0.25, -0.2) is 4.79 Å². The predicted molar refractivity (Wildman–Crippen MR) is 173 cm³/mol. The lowest BCUT2D eigenvalue weighted by Crippen LogP contribution is -2.59. The van der Waals surface area contributed by atoms with E-state index in [4.69, 9.17) is 5.11 Å². The summed E-state index contributed by atoms with van der Waals surface area (Å²) in [5.74, 6) is -4.98. The van der Waals surface area contributed by atoms with Gasteiger partial charge in [0.1, 0.15) is 24.2 Å². The molecule has 1 saturated heterocycles. The van der Waals surface area contributed by atoms with Crippen molar-refractivity contribution in [3.8, 4) is 0 Å². The lowest BCUT2D eigenvalue weighted by atomic mass is 10.0. The molecule has 0 aromatic heterocycles. The largest absolute Gasteiger partial charge is 0.481 e. The molecule has 2 aromatic rings. The quantitative estimate of drug-likeness (QED) is 0.145. The molecule has 1 aliphatic heterocycles. The third-order valence-electron chi connectivity index (χ3n) is 8.02. The zero-order valence-corrected chi connectivity index (χ0v) is 27.0. The smallest absolute Gasteiger partial charge is 0.326 e. The fourth-order valence-electron chi connectivity index (χ4n) is 5.62. The molecule has 3 rings (SSSR count). The van der Waals surface area contributed by atoms with Crippen LogP contribution in [0.5, 0.6) is 0 Å². The Labute approximate surface area is 274 Å². The van der Waals surface area contributed by atoms with Gasteiger partial charge in [0, 0.05) is 19.4 Å². The van der Waals surface area contributed by atoms with Crippen LogP contribution < -0.4 is 21.3 Å². The molecular formula is C34H45N5O8. The number of hydrogen-bond donors (Lipinski definition) is 6. The van der Waals surface area contributed by atoms with E-state index in [0.717, 1.165) is 5.56 Å². The van der Waals surface area contributed by atoms with E-state index in [2.05, 4.69) is 21.3 Å². The average Bonchev–Trinajstić information content (AvgIpc) is 3.53. The van der Waals surface area contributed by atoms with E-state index in [9.17, 15) is 33.9 Å². The number of aliphatic carboxylic acids is 2. The van der Waals surface area contributed by atoms with E-state index in [0.29, 0.717) is 31.4 Å². The van der Waals surface area contributed by atoms with Gasteiger partial charge in [0.25, 0.3) is 0 Å². The molecule has 0 radical (unpaired) electrons. The summed E-state index contributed by atoms with van der Waals surface area (Å²) in [5.41, 5.74) is 1.39. The van der Waals surface area contributed by atoms with Crippen LogP contribution in [0.3, 0.4) is 0 Å². The Hall–Kier alpha value is -4.78. The molecule has 1 fully saturated rings. The number of rotatable bonds is 17. The van der Waals surface area contributed by atoms with Crippen molar-refractivity contribution in [2.24, 2.45) is 5.92 Å². The van der Waals surface area contributed by atoms with Crippen LogP contribution in [0.1, 0.15) is 50.7 Å². The van der Waals surface area contributed by atoms with E-state index in [-0.39, 0.29) is 24.7 Å². The Morgan fingerprint density at radius 2 is 1.28 bits per heavy atom. The van der Waals surface area contributed by atoms with Gasteiger partial charge < -0.3 is 36.4 Å². The standard InChI is InChI=1S/C34H45N5O8/c1-21(2)17-26(35-3)33(45)39-16-10-15-28(39)32(44)37-25(19-23-13-8-5-9-14-23)30(42)36-24(18-22-11-6-4-7-12-22)31(43)38-27(34(46)47)20-29(40)41/h4-9,11-14,21,24-28,35H,10,15-20H2,1-3H3,(H,36,42)(H,37,44)(H,38,43)(H,40,41)(H,46,47)/t24-,25?,26-,27-,28-/m0/s1. The number of carboxylic acid groups (broad SMARTS) is 2. The minimum atomic E-state index is -1.72. The van der Waals surface area contributed by atoms with Crippen LogP contribution in [0.2, 0.25) is 0 Å². The topological polar surface area (TPSA) is 194 Å². The van der Waals surface area contributed by atoms with E-state index < -0.39 is 66.3 Å². The van der Waals surface area contributed by atoms with E-state index in [1.165, 1.54) is 0 Å². The Balaban J connectivity index is 1.86. The Kier molecular flexibility index (Phi) is 13.9. The van der Waals surface area contributed by atoms with Crippen LogP contribution in [0.15, 0.2) is 60.7 Å². The van der Waals surface area contributed by atoms with Crippen molar-refractivity contribution in [1.82, 2.24) is 26.2 Å². The molecular weight excluding hydrogens is 606 g/mol. The van der Waals surface area contributed by atoms with Crippen molar-refractivity contribution < 1.29 is 39.0 Å². The summed E-state index contributed by atoms with van der Waals surface area (Å²) in [7, 11) is 1.71. The lowest BCUT2D eigenvalue weighted by Gasteiger charge is -2.30. The molecule has 0 bridgehead atoms. The number of nitrogens with one attached hydrogen (secondary N) is 4. The van der Waals surface area contributed by atoms with Crippen LogP contribution in [0.4, 0.5) is 0 Å². The second-order valence-electron chi connectivity index (χ2n) is 12.2. The number of amides is 4. The number of nitrogens with zero attached hydrogens (tertiary/aromatic N) is 1. The van der Waals surface area contributed by atoms with Crippen molar-refractivity contribution in [2.45, 2.75) is 82.6 Å². The van der Waals surface area contributed by atoms with Crippen molar-refractivity contribution in [3.05, 3.63) is 71.8 Å². The first-order chi connectivity index (χ1) is 22.4. The molecule has 1 heterocycles. The van der Waals surface area contributed by atoms with E-state index >= 15 is 0 Å². The maximum Gasteiger partial charge on any atom is 0.326 e. The highest BCUT2D eigenvalue weighted by Crippen LogP contribution is 2.21. The number of carbonyl (C=O) groups is 6. The highest BCUT2D eigenvalue weighted by molar-refractivity contribution is 5.96. The molecule has 47 heavy (non-hydrogen) atoms. The van der Waals surface area contributed by atoms with Crippen LogP contribution in [-0.4, -0.2) is 94.5 Å². The van der Waals surface area contributed by atoms with Crippen LogP contribution >= 0.6 is 0 Å². The first-order valence-corrected chi connectivity index (χ1v) is 15.8. The molecule has 5 atom stereocenters. The van der Waals surface area contributed by atoms with Crippen molar-refractivity contribution >= 4 is 35.6 Å². The minimum Gasteiger partial charge on any atom is -0.481 e. The Morgan fingerprint density at radius 3 is 1.74 bits per heavy atom. The molecule has 6 N–H and O–H groups in total. The summed E-state index contributed by atoms with van der Waals surface area (Å²) < 4.78 is 0. The molecule has 0 saturated carbocycles. The molecule has 1 aliphatic rings. The fourth-order valence-corrected chi connectivity index (χ4v) is 5.62. The lowest BCUT2D eigenvalue weighted by molar-refractivity contribution is -0.147. The Morgan fingerprint density at radius 1 is 0.766 bits per heavy atom. The zero-order chi connectivity index (χ0) is 34.5. The molecule has 254 valence electrons. The minimum absolute atomic E-state index is 0.0318. The maximum absolute atomic E-state index is 13.9. The first-order valence-electron chi connectivity index (χ1n) is 15.8. The van der Waals surface area contributed by atoms with Gasteiger partial charge >= 0.3 is 11.9 Å². The number of likely N-dealkylation sites (N-methyl/N-ethyl adjacent to an activating group) is 1. The van der Waals surface area contributed by atoms with Gasteiger partial charge in [0.05, 0.1) is 12.5 Å². The number of hydrogen-bond acceptors (Lipinski definition) is 7. The van der Waals surface area contributed by atoms with Crippen LogP contribution in [-0.2, 0) is 41.6 Å². The highest BCUT2D eigenvalue weighted by Gasteiger charge is 2.39. The van der Waals surface area contributed by atoms with Gasteiger partial charge in [-0.1, -0.05) is 74.5 Å². The fraction of sp³-hybridized carbons (Fsp3) is 0.471. The predicted octanol–water partition coefficient (Wildman–Crippen LogP) is 1.11. The monoisotopic (exact) mass is 651 g/mol. The van der Waals surface area contributed by atoms with Gasteiger partial charge in [0.15, 0.2) is 0 Å². The first kappa shape index (κ1) is 36.7. The van der Waals surface area contributed by atoms with Crippen LogP contribution in [0, 0.1) is 5.92 Å². The van der Waals surface area contributed by atoms with E-state index in [1.54, 1.807) is 66.5 Å². The average molecular weight is 652 g/mol. The molecule has 4 amide bonds. The number of carbonyl (C=O) groups excluding carboxylic acids is 4. The third kappa shape index (κ3) is 11.2. The van der Waals surface area contributed by atoms with Crippen molar-refractivity contribution in [1.29, 1.82) is 0 Å². The maximum atomic E-state index is 13.9. The second kappa shape index (κ2) is 17.8. The van der Waals surface area contributed by atoms with E-state index in [1.807, 2.05) is 19.9 Å². The number of likely N-dealkylation sites (tertiary alicyclic amines) is 1. The third-order valence-corrected chi connectivity index (χ3v) is 8.02. The number of benzene rings is 2. The second-order valence-corrected chi connectivity index (χ2v) is 12.2. The summed E-state index contributed by atoms with van der Waals surface area (Å²) in [6.07, 6.45) is 0.825. The van der Waals surface area contributed by atoms with Gasteiger partial charge in [-0.15, -0.1) is 0 Å². The highest BCUT2D eigenvalue weighted by atomic mass is 16.4. The molecule has 0 spiro atoms. The van der Waals surface area contributed by atoms with Gasteiger partial charge in [-0.05, 0) is 43.4 Å². The summed E-state index contributed by atoms with van der Waals surface area (Å²) in [4.78, 5) is 78.8. The Bertz CT molecular complexity index is 1390. The van der Waals surface area contributed by atoms with Crippen LogP contribution in [0.25, 0.3) is 0 Å². The summed E-state index contributed by atoms with van der Waals surface area (Å²) in [5, 5.41) is 29.4. The van der Waals surface area contributed by atoms with Crippen molar-refractivity contribution in [3.63, 3.8) is 0 Å². The summed E-state index contributed by atoms with van der Waals surface area (Å²) in [6, 6.07) is 12.3. The summed E-state index contributed by atoms with van der Waals surface area (Å²) >= 11 is 0. The van der Waals surface area contributed by atoms with Gasteiger partial charge in [-0.3, -0.25) is 24.0 Å². The zero-order valence-electron chi connectivity index (χ0n) is 27.0. The molecule has 2 aromatic carbocycles. The van der Waals surface area contributed by atoms with Gasteiger partial charge in [0.2, 0.25) is 23.6 Å². The molecule has 0 aliphatic carbocycles. The normalized spacial score (nSPS) is 16.9. The van der Waals surface area contributed by atoms with Crippen molar-refractivity contribution in [2.75, 3.05) is 13.6 Å². The molecule has 13 heteroatoms. The van der Waals surface area contributed by atoms with Gasteiger partial charge in [-0.2, -0.15) is 0 Å². The SMILES string of the molecule is CN[C@@H](CC(C)C)C(=O)N1CCC[C@H]1C(=O)NC(Cc1ccccc1)C(=O)N[C@@H](Cc1ccccc1)C(=O)N[C@@H](CC(=O)O)C(=O)O. The number of carboxylic acids is 2. The molecule has 13 nitrogen and oxygen atoms in total. The molecule has 1 unspecified atom stereocenters. The summed E-state index contributed by atoms with van der Waals surface area (Å²) in [6.45, 7) is 4.43.